The van der Waals surface area contributed by atoms with Gasteiger partial charge in [-0.15, -0.1) is 24.0 Å². The number of non-ortho nitro benzene ring substituents is 1. The minimum atomic E-state index is -0.388. The number of guanidine groups is 1. The summed E-state index contributed by atoms with van der Waals surface area (Å²) >= 11 is 0. The smallest absolute Gasteiger partial charge is 0.269 e. The lowest BCUT2D eigenvalue weighted by Crippen LogP contribution is -2.39. The summed E-state index contributed by atoms with van der Waals surface area (Å²) in [6, 6.07) is 6.56. The zero-order valence-electron chi connectivity index (χ0n) is 12.1. The largest absolute Gasteiger partial charge is 0.357 e. The molecular weight excluding hydrogens is 383 g/mol. The van der Waals surface area contributed by atoms with Crippen LogP contribution in [0.15, 0.2) is 29.3 Å². The van der Waals surface area contributed by atoms with Gasteiger partial charge < -0.3 is 10.2 Å². The number of likely N-dealkylation sites (tertiary alicyclic amines) is 1. The molecule has 0 radical (unpaired) electrons. The topological polar surface area (TPSA) is 70.8 Å². The Bertz CT molecular complexity index is 484. The number of nitrogens with zero attached hydrogens (tertiary/aromatic N) is 3. The van der Waals surface area contributed by atoms with Crippen LogP contribution in [0.4, 0.5) is 5.69 Å². The lowest BCUT2D eigenvalue weighted by molar-refractivity contribution is -0.384. The van der Waals surface area contributed by atoms with E-state index in [-0.39, 0.29) is 34.6 Å². The third-order valence-electron chi connectivity index (χ3n) is 3.30. The Morgan fingerprint density at radius 2 is 1.95 bits per heavy atom. The Labute approximate surface area is 141 Å². The number of nitro benzene ring substituents is 1. The molecule has 1 aliphatic heterocycles. The van der Waals surface area contributed by atoms with Crippen molar-refractivity contribution in [1.29, 1.82) is 0 Å². The van der Waals surface area contributed by atoms with Crippen LogP contribution < -0.4 is 5.32 Å². The number of nitro groups is 1. The molecule has 0 unspecified atom stereocenters. The van der Waals surface area contributed by atoms with Crippen molar-refractivity contribution in [3.63, 3.8) is 0 Å². The van der Waals surface area contributed by atoms with Gasteiger partial charge in [0, 0.05) is 31.8 Å². The van der Waals surface area contributed by atoms with Gasteiger partial charge >= 0.3 is 0 Å². The van der Waals surface area contributed by atoms with Crippen LogP contribution in [0.25, 0.3) is 0 Å². The molecule has 116 valence electrons. The molecule has 6 nitrogen and oxygen atoms in total. The molecule has 1 heterocycles. The molecule has 0 atom stereocenters. The molecule has 1 fully saturated rings. The molecule has 0 aliphatic carbocycles. The summed E-state index contributed by atoms with van der Waals surface area (Å²) in [5.41, 5.74) is 1.09. The maximum Gasteiger partial charge on any atom is 0.269 e. The highest BCUT2D eigenvalue weighted by Crippen LogP contribution is 2.13. The molecule has 1 aromatic rings. The maximum absolute atomic E-state index is 10.6. The van der Waals surface area contributed by atoms with Gasteiger partial charge in [0.1, 0.15) is 0 Å². The highest BCUT2D eigenvalue weighted by Gasteiger charge is 2.15. The van der Waals surface area contributed by atoms with Crippen LogP contribution in [0.1, 0.15) is 25.3 Å². The summed E-state index contributed by atoms with van der Waals surface area (Å²) in [5.74, 6) is 0.934. The predicted molar refractivity (Wildman–Crippen MR) is 94.1 cm³/mol. The molecule has 21 heavy (non-hydrogen) atoms. The van der Waals surface area contributed by atoms with Crippen molar-refractivity contribution >= 4 is 35.6 Å². The van der Waals surface area contributed by atoms with Gasteiger partial charge in [0.05, 0.1) is 11.5 Å². The van der Waals surface area contributed by atoms with E-state index in [1.165, 1.54) is 25.0 Å². The van der Waals surface area contributed by atoms with E-state index in [1.807, 2.05) is 0 Å². The molecule has 1 aromatic carbocycles. The fourth-order valence-corrected chi connectivity index (χ4v) is 2.24. The summed E-state index contributed by atoms with van der Waals surface area (Å²) in [6.45, 7) is 5.53. The predicted octanol–water partition coefficient (Wildman–Crippen LogP) is 2.77. The minimum absolute atomic E-state index is 0. The lowest BCUT2D eigenvalue weighted by atomic mass is 10.2. The van der Waals surface area contributed by atoms with Gasteiger partial charge in [0.15, 0.2) is 5.96 Å². The van der Waals surface area contributed by atoms with Gasteiger partial charge in [-0.3, -0.25) is 10.1 Å². The van der Waals surface area contributed by atoms with Crippen LogP contribution in [-0.2, 0) is 6.54 Å². The average Bonchev–Trinajstić information content (AvgIpc) is 2.98. The van der Waals surface area contributed by atoms with Crippen LogP contribution in [0.3, 0.4) is 0 Å². The molecular formula is C14H21IN4O2. The number of nitrogens with one attached hydrogen (secondary N) is 1. The maximum atomic E-state index is 10.6. The first kappa shape index (κ1) is 17.7. The van der Waals surface area contributed by atoms with Crippen molar-refractivity contribution < 1.29 is 4.92 Å². The fourth-order valence-electron chi connectivity index (χ4n) is 2.24. The van der Waals surface area contributed by atoms with Crippen LogP contribution in [0, 0.1) is 10.1 Å². The summed E-state index contributed by atoms with van der Waals surface area (Å²) in [4.78, 5) is 17.1. The number of hydrogen-bond acceptors (Lipinski definition) is 3. The van der Waals surface area contributed by atoms with E-state index in [1.54, 1.807) is 12.1 Å². The first-order chi connectivity index (χ1) is 9.70. The van der Waals surface area contributed by atoms with E-state index in [0.717, 1.165) is 31.2 Å². The van der Waals surface area contributed by atoms with E-state index in [2.05, 4.69) is 22.1 Å². The van der Waals surface area contributed by atoms with Crippen molar-refractivity contribution in [3.8, 4) is 0 Å². The molecule has 1 saturated heterocycles. The zero-order chi connectivity index (χ0) is 14.4. The average molecular weight is 404 g/mol. The number of hydrogen-bond donors (Lipinski definition) is 1. The molecule has 2 rings (SSSR count). The van der Waals surface area contributed by atoms with Crippen LogP contribution in [0.2, 0.25) is 0 Å². The van der Waals surface area contributed by atoms with E-state index in [9.17, 15) is 10.1 Å². The van der Waals surface area contributed by atoms with Gasteiger partial charge in [0.25, 0.3) is 5.69 Å². The Balaban J connectivity index is 0.00000220. The van der Waals surface area contributed by atoms with Crippen molar-refractivity contribution in [2.45, 2.75) is 26.3 Å². The molecule has 7 heteroatoms. The number of halogens is 1. The Kier molecular flexibility index (Phi) is 7.41. The Morgan fingerprint density at radius 3 is 2.48 bits per heavy atom. The summed E-state index contributed by atoms with van der Waals surface area (Å²) < 4.78 is 0. The molecule has 1 N–H and O–H groups in total. The highest BCUT2D eigenvalue weighted by atomic mass is 127. The first-order valence-electron chi connectivity index (χ1n) is 6.97. The third-order valence-corrected chi connectivity index (χ3v) is 3.30. The third kappa shape index (κ3) is 5.14. The second-order valence-corrected chi connectivity index (χ2v) is 4.79. The molecule has 0 aromatic heterocycles. The number of benzene rings is 1. The quantitative estimate of drug-likeness (QED) is 0.276. The van der Waals surface area contributed by atoms with Crippen LogP contribution >= 0.6 is 24.0 Å². The van der Waals surface area contributed by atoms with E-state index in [4.69, 9.17) is 0 Å². The van der Waals surface area contributed by atoms with Crippen molar-refractivity contribution in [1.82, 2.24) is 10.2 Å². The van der Waals surface area contributed by atoms with Crippen LogP contribution in [0.5, 0.6) is 0 Å². The molecule has 1 aliphatic rings. The number of aliphatic imine (C=N–C) groups is 1. The number of rotatable bonds is 4. The van der Waals surface area contributed by atoms with Gasteiger partial charge in [-0.2, -0.15) is 0 Å². The monoisotopic (exact) mass is 404 g/mol. The van der Waals surface area contributed by atoms with E-state index >= 15 is 0 Å². The van der Waals surface area contributed by atoms with Crippen molar-refractivity contribution in [2.75, 3.05) is 19.6 Å². The Hall–Kier alpha value is -1.38. The molecule has 0 saturated carbocycles. The zero-order valence-corrected chi connectivity index (χ0v) is 14.4. The molecule has 0 amide bonds. The van der Waals surface area contributed by atoms with Crippen molar-refractivity contribution in [2.24, 2.45) is 4.99 Å². The summed E-state index contributed by atoms with van der Waals surface area (Å²) in [6.07, 6.45) is 2.42. The van der Waals surface area contributed by atoms with Crippen LogP contribution in [-0.4, -0.2) is 35.4 Å². The SMILES string of the molecule is CCNC(=NCc1ccc([N+](=O)[O-])cc1)N1CCCC1.I. The van der Waals surface area contributed by atoms with Crippen molar-refractivity contribution in [3.05, 3.63) is 39.9 Å². The minimum Gasteiger partial charge on any atom is -0.357 e. The highest BCUT2D eigenvalue weighted by molar-refractivity contribution is 14.0. The fraction of sp³-hybridized carbons (Fsp3) is 0.500. The lowest BCUT2D eigenvalue weighted by Gasteiger charge is -2.20. The van der Waals surface area contributed by atoms with Gasteiger partial charge in [-0.1, -0.05) is 12.1 Å². The first-order valence-corrected chi connectivity index (χ1v) is 6.97. The molecule has 0 spiro atoms. The second-order valence-electron chi connectivity index (χ2n) is 4.79. The van der Waals surface area contributed by atoms with E-state index < -0.39 is 0 Å². The van der Waals surface area contributed by atoms with Gasteiger partial charge in [-0.05, 0) is 25.3 Å². The van der Waals surface area contributed by atoms with Gasteiger partial charge in [-0.25, -0.2) is 4.99 Å². The van der Waals surface area contributed by atoms with Gasteiger partial charge in [0.2, 0.25) is 0 Å². The second kappa shape index (κ2) is 8.81. The van der Waals surface area contributed by atoms with E-state index in [0.29, 0.717) is 6.54 Å². The normalized spacial score (nSPS) is 14.7. The summed E-state index contributed by atoms with van der Waals surface area (Å²) in [7, 11) is 0. The molecule has 0 bridgehead atoms. The Morgan fingerprint density at radius 1 is 1.33 bits per heavy atom. The standard InChI is InChI=1S/C14H20N4O2.HI/c1-2-15-14(17-9-3-4-10-17)16-11-12-5-7-13(8-6-12)18(19)20;/h5-8H,2-4,9-11H2,1H3,(H,15,16);1H. The summed E-state index contributed by atoms with van der Waals surface area (Å²) in [5, 5.41) is 13.9.